The van der Waals surface area contributed by atoms with Gasteiger partial charge in [-0.2, -0.15) is 17.9 Å². The number of aromatic nitrogens is 7. The molecule has 4 rings (SSSR count). The van der Waals surface area contributed by atoms with E-state index in [9.17, 15) is 27.9 Å². The SMILES string of the molecule is COC(=O)c1nc(Cn2nc(-c3ccc(Cl)cc3)n(C[C@H](O)C(F)(F)F)c2=O)nn1-c1ncccc1Cl. The van der Waals surface area contributed by atoms with Gasteiger partial charge >= 0.3 is 17.8 Å². The van der Waals surface area contributed by atoms with Crippen LogP contribution in [0.1, 0.15) is 16.4 Å². The summed E-state index contributed by atoms with van der Waals surface area (Å²) in [5.74, 6) is -1.42. The van der Waals surface area contributed by atoms with Crippen LogP contribution in [0, 0.1) is 0 Å². The van der Waals surface area contributed by atoms with Crippen molar-refractivity contribution >= 4 is 29.2 Å². The van der Waals surface area contributed by atoms with Gasteiger partial charge in [0.25, 0.3) is 0 Å². The number of halogens is 5. The van der Waals surface area contributed by atoms with Crippen molar-refractivity contribution in [1.82, 2.24) is 34.1 Å². The molecule has 0 aliphatic rings. The Kier molecular flexibility index (Phi) is 7.34. The van der Waals surface area contributed by atoms with Crippen molar-refractivity contribution in [2.45, 2.75) is 25.4 Å². The highest BCUT2D eigenvalue weighted by Crippen LogP contribution is 2.24. The number of carbonyl (C=O) groups is 1. The van der Waals surface area contributed by atoms with Gasteiger partial charge in [-0.1, -0.05) is 23.2 Å². The lowest BCUT2D eigenvalue weighted by molar-refractivity contribution is -0.207. The first kappa shape index (κ1) is 26.3. The molecular formula is C21H16Cl2F3N7O4. The number of nitrogens with zero attached hydrogens (tertiary/aromatic N) is 7. The van der Waals surface area contributed by atoms with E-state index in [0.29, 0.717) is 9.59 Å². The van der Waals surface area contributed by atoms with E-state index < -0.39 is 37.0 Å². The zero-order valence-electron chi connectivity index (χ0n) is 18.7. The number of rotatable bonds is 7. The second kappa shape index (κ2) is 10.3. The Balaban J connectivity index is 1.79. The second-order valence-corrected chi connectivity index (χ2v) is 8.35. The minimum absolute atomic E-state index is 0.0522. The van der Waals surface area contributed by atoms with E-state index in [0.717, 1.165) is 16.5 Å². The van der Waals surface area contributed by atoms with E-state index in [4.69, 9.17) is 27.9 Å². The lowest BCUT2D eigenvalue weighted by Gasteiger charge is -2.15. The van der Waals surface area contributed by atoms with Gasteiger partial charge in [0.15, 0.2) is 23.6 Å². The number of hydrogen-bond donors (Lipinski definition) is 1. The van der Waals surface area contributed by atoms with E-state index in [1.807, 2.05) is 0 Å². The smallest absolute Gasteiger partial charge is 0.416 e. The van der Waals surface area contributed by atoms with E-state index in [1.165, 1.54) is 36.5 Å². The molecule has 0 amide bonds. The highest BCUT2D eigenvalue weighted by molar-refractivity contribution is 6.32. The number of aliphatic hydroxyl groups is 1. The van der Waals surface area contributed by atoms with Crippen molar-refractivity contribution in [1.29, 1.82) is 0 Å². The molecule has 0 radical (unpaired) electrons. The molecule has 1 aromatic carbocycles. The summed E-state index contributed by atoms with van der Waals surface area (Å²) in [7, 11) is 1.12. The number of ether oxygens (including phenoxy) is 1. The fourth-order valence-corrected chi connectivity index (χ4v) is 3.59. The van der Waals surface area contributed by atoms with E-state index >= 15 is 0 Å². The van der Waals surface area contributed by atoms with Crippen molar-refractivity contribution in [3.8, 4) is 17.2 Å². The van der Waals surface area contributed by atoms with Crippen LogP contribution in [0.5, 0.6) is 0 Å². The lowest BCUT2D eigenvalue weighted by atomic mass is 10.2. The molecular weight excluding hydrogens is 542 g/mol. The third-order valence-electron chi connectivity index (χ3n) is 5.01. The van der Waals surface area contributed by atoms with Crippen molar-refractivity contribution in [3.63, 3.8) is 0 Å². The van der Waals surface area contributed by atoms with Crippen LogP contribution in [0.2, 0.25) is 10.0 Å². The Morgan fingerprint density at radius 3 is 2.49 bits per heavy atom. The molecule has 37 heavy (non-hydrogen) atoms. The van der Waals surface area contributed by atoms with Crippen molar-refractivity contribution in [2.75, 3.05) is 7.11 Å². The van der Waals surface area contributed by atoms with Gasteiger partial charge in [-0.05, 0) is 36.4 Å². The predicted octanol–water partition coefficient (Wildman–Crippen LogP) is 2.75. The number of alkyl halides is 3. The largest absolute Gasteiger partial charge is 0.463 e. The fourth-order valence-electron chi connectivity index (χ4n) is 3.26. The van der Waals surface area contributed by atoms with Crippen LogP contribution < -0.4 is 5.69 Å². The maximum absolute atomic E-state index is 13.1. The quantitative estimate of drug-likeness (QED) is 0.343. The molecule has 0 aliphatic heterocycles. The van der Waals surface area contributed by atoms with Crippen molar-refractivity contribution < 1.29 is 27.8 Å². The van der Waals surface area contributed by atoms with Crippen LogP contribution in [-0.4, -0.2) is 64.6 Å². The summed E-state index contributed by atoms with van der Waals surface area (Å²) in [5, 5.41) is 18.4. The third kappa shape index (κ3) is 5.50. The van der Waals surface area contributed by atoms with Gasteiger partial charge in [0.2, 0.25) is 5.82 Å². The summed E-state index contributed by atoms with van der Waals surface area (Å²) in [6.45, 7) is -1.56. The van der Waals surface area contributed by atoms with Crippen LogP contribution in [-0.2, 0) is 17.8 Å². The zero-order chi connectivity index (χ0) is 26.9. The number of hydrogen-bond acceptors (Lipinski definition) is 8. The molecule has 16 heteroatoms. The molecule has 0 bridgehead atoms. The normalized spacial score (nSPS) is 12.5. The van der Waals surface area contributed by atoms with E-state index in [-0.39, 0.29) is 33.9 Å². The first-order valence-corrected chi connectivity index (χ1v) is 11.1. The van der Waals surface area contributed by atoms with Gasteiger partial charge < -0.3 is 9.84 Å². The number of benzene rings is 1. The average molecular weight is 558 g/mol. The minimum Gasteiger partial charge on any atom is -0.463 e. The molecule has 0 spiro atoms. The Bertz CT molecular complexity index is 1500. The molecule has 4 aromatic rings. The second-order valence-electron chi connectivity index (χ2n) is 7.50. The molecule has 0 fully saturated rings. The van der Waals surface area contributed by atoms with Crippen LogP contribution in [0.4, 0.5) is 13.2 Å². The average Bonchev–Trinajstić information content (AvgIpc) is 3.40. The maximum atomic E-state index is 13.1. The number of carbonyl (C=O) groups excluding carboxylic acids is 1. The molecule has 194 valence electrons. The monoisotopic (exact) mass is 557 g/mol. The summed E-state index contributed by atoms with van der Waals surface area (Å²) in [4.78, 5) is 33.5. The van der Waals surface area contributed by atoms with Gasteiger partial charge in [0, 0.05) is 16.8 Å². The molecule has 1 N–H and O–H groups in total. The van der Waals surface area contributed by atoms with Gasteiger partial charge in [-0.3, -0.25) is 4.57 Å². The molecule has 3 heterocycles. The predicted molar refractivity (Wildman–Crippen MR) is 124 cm³/mol. The molecule has 0 unspecified atom stereocenters. The van der Waals surface area contributed by atoms with Crippen LogP contribution in [0.3, 0.4) is 0 Å². The van der Waals surface area contributed by atoms with E-state index in [1.54, 1.807) is 6.07 Å². The van der Waals surface area contributed by atoms with Crippen LogP contribution in [0.25, 0.3) is 17.2 Å². The third-order valence-corrected chi connectivity index (χ3v) is 5.56. The van der Waals surface area contributed by atoms with Gasteiger partial charge in [0.05, 0.1) is 18.7 Å². The number of esters is 1. The summed E-state index contributed by atoms with van der Waals surface area (Å²) in [5.41, 5.74) is -0.719. The number of methoxy groups -OCH3 is 1. The fraction of sp³-hybridized carbons (Fsp3) is 0.238. The Labute approximate surface area is 215 Å². The van der Waals surface area contributed by atoms with Gasteiger partial charge in [-0.25, -0.2) is 24.2 Å². The van der Waals surface area contributed by atoms with Crippen LogP contribution >= 0.6 is 23.2 Å². The number of aliphatic hydroxyl groups excluding tert-OH is 1. The molecule has 3 aromatic heterocycles. The summed E-state index contributed by atoms with van der Waals surface area (Å²) in [6, 6.07) is 8.90. The summed E-state index contributed by atoms with van der Waals surface area (Å²) >= 11 is 12.1. The molecule has 1 atom stereocenters. The molecule has 0 aliphatic carbocycles. The van der Waals surface area contributed by atoms with Gasteiger partial charge in [-0.15, -0.1) is 10.2 Å². The molecule has 0 saturated heterocycles. The maximum Gasteiger partial charge on any atom is 0.416 e. The van der Waals surface area contributed by atoms with Crippen molar-refractivity contribution in [2.24, 2.45) is 0 Å². The highest BCUT2D eigenvalue weighted by Gasteiger charge is 2.39. The zero-order valence-corrected chi connectivity index (χ0v) is 20.2. The highest BCUT2D eigenvalue weighted by atomic mass is 35.5. The Morgan fingerprint density at radius 2 is 1.86 bits per heavy atom. The Morgan fingerprint density at radius 1 is 1.16 bits per heavy atom. The summed E-state index contributed by atoms with van der Waals surface area (Å²) in [6.07, 6.45) is -6.40. The van der Waals surface area contributed by atoms with Crippen molar-refractivity contribution in [3.05, 3.63) is 74.8 Å². The van der Waals surface area contributed by atoms with Gasteiger partial charge in [0.1, 0.15) is 6.54 Å². The standard InChI is InChI=1S/C21H16Cl2F3N7O4/c1-37-19(35)18-28-15(29-33(18)17-13(23)3-2-8-27-17)10-32-20(36)31(9-14(34)21(24,25)26)16(30-32)11-4-6-12(22)7-5-11/h2-8,14,34H,9-10H2,1H3/t14-/m0/s1. The van der Waals surface area contributed by atoms with E-state index in [2.05, 4.69) is 20.2 Å². The topological polar surface area (TPSA) is 130 Å². The number of pyridine rings is 1. The lowest BCUT2D eigenvalue weighted by Crippen LogP contribution is -2.37. The molecule has 11 nitrogen and oxygen atoms in total. The minimum atomic E-state index is -4.98. The summed E-state index contributed by atoms with van der Waals surface area (Å²) < 4.78 is 46.4. The molecule has 0 saturated carbocycles. The Hall–Kier alpha value is -3.75. The first-order chi connectivity index (χ1) is 17.5. The van der Waals surface area contributed by atoms with Crippen LogP contribution in [0.15, 0.2) is 47.4 Å². The first-order valence-electron chi connectivity index (χ1n) is 10.3.